The minimum atomic E-state index is -0.690. The molecule has 0 saturated heterocycles. The van der Waals surface area contributed by atoms with E-state index in [-0.39, 0.29) is 18.2 Å². The molecule has 0 radical (unpaired) electrons. The van der Waals surface area contributed by atoms with E-state index in [1.165, 1.54) is 11.0 Å². The molecule has 2 aromatic rings. The van der Waals surface area contributed by atoms with Gasteiger partial charge >= 0.3 is 0 Å². The maximum absolute atomic E-state index is 12.2. The van der Waals surface area contributed by atoms with Gasteiger partial charge in [0.25, 0.3) is 5.91 Å². The van der Waals surface area contributed by atoms with Gasteiger partial charge in [0.15, 0.2) is 11.5 Å². The van der Waals surface area contributed by atoms with Crippen molar-refractivity contribution in [3.05, 3.63) is 24.5 Å². The topological polar surface area (TPSA) is 107 Å². The molecule has 2 N–H and O–H groups in total. The second kappa shape index (κ2) is 5.27. The Morgan fingerprint density at radius 1 is 1.35 bits per heavy atom. The number of anilines is 2. The van der Waals surface area contributed by atoms with Crippen LogP contribution < -0.4 is 20.1 Å². The summed E-state index contributed by atoms with van der Waals surface area (Å²) >= 11 is 0. The van der Waals surface area contributed by atoms with Crippen LogP contribution in [0.2, 0.25) is 0 Å². The van der Waals surface area contributed by atoms with E-state index in [4.69, 9.17) is 9.47 Å². The fraction of sp³-hybridized carbons (Fsp3) is 0.286. The molecule has 118 valence electrons. The van der Waals surface area contributed by atoms with Crippen LogP contribution in [0.1, 0.15) is 12.5 Å². The molecule has 9 heteroatoms. The van der Waals surface area contributed by atoms with Gasteiger partial charge in [-0.3, -0.25) is 14.9 Å². The van der Waals surface area contributed by atoms with Crippen LogP contribution in [-0.4, -0.2) is 39.8 Å². The van der Waals surface area contributed by atoms with Crippen LogP contribution in [0.5, 0.6) is 11.5 Å². The number of nitrogens with zero attached hydrogens (tertiary/aromatic N) is 3. The summed E-state index contributed by atoms with van der Waals surface area (Å²) < 4.78 is 12.3. The zero-order valence-electron chi connectivity index (χ0n) is 12.0. The standard InChI is InChI=1S/C14H13N5O4/c20-12(6-9-13(21)18-14-15-7-16-19(9)14)17-8-1-2-10-11(5-8)23-4-3-22-10/h1-2,5,7,9H,3-4,6H2,(H,17,20)(H,15,16,18,21)/t9-/m1/s1. The van der Waals surface area contributed by atoms with E-state index in [1.54, 1.807) is 18.2 Å². The molecule has 0 saturated carbocycles. The molecule has 4 rings (SSSR count). The van der Waals surface area contributed by atoms with Crippen LogP contribution in [0.25, 0.3) is 0 Å². The molecule has 23 heavy (non-hydrogen) atoms. The van der Waals surface area contributed by atoms with E-state index >= 15 is 0 Å². The number of fused-ring (bicyclic) bond motifs is 2. The summed E-state index contributed by atoms with van der Waals surface area (Å²) in [5.41, 5.74) is 0.580. The molecule has 3 heterocycles. The Morgan fingerprint density at radius 3 is 3.04 bits per heavy atom. The molecular formula is C14H13N5O4. The molecule has 2 aliphatic rings. The summed E-state index contributed by atoms with van der Waals surface area (Å²) in [6.07, 6.45) is 1.30. The summed E-state index contributed by atoms with van der Waals surface area (Å²) in [7, 11) is 0. The van der Waals surface area contributed by atoms with Crippen molar-refractivity contribution in [1.82, 2.24) is 14.8 Å². The highest BCUT2D eigenvalue weighted by Gasteiger charge is 2.33. The first-order valence-corrected chi connectivity index (χ1v) is 7.10. The number of rotatable bonds is 3. The van der Waals surface area contributed by atoms with Crippen molar-refractivity contribution in [2.75, 3.05) is 23.8 Å². The quantitative estimate of drug-likeness (QED) is 0.857. The lowest BCUT2D eigenvalue weighted by molar-refractivity contribution is -0.123. The van der Waals surface area contributed by atoms with Crippen molar-refractivity contribution in [1.29, 1.82) is 0 Å². The molecule has 2 amide bonds. The van der Waals surface area contributed by atoms with Crippen molar-refractivity contribution in [2.24, 2.45) is 0 Å². The van der Waals surface area contributed by atoms with Gasteiger partial charge in [-0.15, -0.1) is 0 Å². The van der Waals surface area contributed by atoms with Gasteiger partial charge in [-0.2, -0.15) is 10.1 Å². The third-order valence-electron chi connectivity index (χ3n) is 3.61. The molecule has 9 nitrogen and oxygen atoms in total. The summed E-state index contributed by atoms with van der Waals surface area (Å²) in [6, 6.07) is 4.47. The molecule has 0 unspecified atom stereocenters. The maximum atomic E-state index is 12.2. The number of benzene rings is 1. The molecular weight excluding hydrogens is 302 g/mol. The number of carbonyl (C=O) groups excluding carboxylic acids is 2. The number of hydrogen-bond acceptors (Lipinski definition) is 6. The van der Waals surface area contributed by atoms with E-state index in [0.29, 0.717) is 36.3 Å². The maximum Gasteiger partial charge on any atom is 0.252 e. The number of hydrogen-bond donors (Lipinski definition) is 2. The van der Waals surface area contributed by atoms with E-state index in [0.717, 1.165) is 0 Å². The summed E-state index contributed by atoms with van der Waals surface area (Å²) in [5.74, 6) is 0.998. The Bertz CT molecular complexity index is 787. The van der Waals surface area contributed by atoms with Gasteiger partial charge in [-0.25, -0.2) is 4.68 Å². The fourth-order valence-corrected chi connectivity index (χ4v) is 2.56. The molecule has 0 aliphatic carbocycles. The van der Waals surface area contributed by atoms with Crippen molar-refractivity contribution >= 4 is 23.5 Å². The number of aromatic nitrogens is 3. The van der Waals surface area contributed by atoms with Crippen molar-refractivity contribution in [3.63, 3.8) is 0 Å². The van der Waals surface area contributed by atoms with Gasteiger partial charge in [0, 0.05) is 11.8 Å². The molecule has 1 aromatic carbocycles. The second-order valence-corrected chi connectivity index (χ2v) is 5.14. The van der Waals surface area contributed by atoms with Crippen LogP contribution in [-0.2, 0) is 9.59 Å². The third-order valence-corrected chi connectivity index (χ3v) is 3.61. The van der Waals surface area contributed by atoms with E-state index in [1.807, 2.05) is 0 Å². The van der Waals surface area contributed by atoms with Crippen LogP contribution in [0.15, 0.2) is 24.5 Å². The van der Waals surface area contributed by atoms with Crippen molar-refractivity contribution in [2.45, 2.75) is 12.5 Å². The van der Waals surface area contributed by atoms with Crippen molar-refractivity contribution < 1.29 is 19.1 Å². The Morgan fingerprint density at radius 2 is 2.17 bits per heavy atom. The van der Waals surface area contributed by atoms with Crippen LogP contribution in [0, 0.1) is 0 Å². The van der Waals surface area contributed by atoms with Gasteiger partial charge in [0.2, 0.25) is 11.9 Å². The molecule has 0 fully saturated rings. The fourth-order valence-electron chi connectivity index (χ4n) is 2.56. The number of carbonyl (C=O) groups is 2. The third kappa shape index (κ3) is 2.45. The highest BCUT2D eigenvalue weighted by molar-refractivity contribution is 6.00. The Hall–Kier alpha value is -3.10. The lowest BCUT2D eigenvalue weighted by Crippen LogP contribution is -2.23. The number of nitrogens with one attached hydrogen (secondary N) is 2. The zero-order chi connectivity index (χ0) is 15.8. The average molecular weight is 315 g/mol. The van der Waals surface area contributed by atoms with Crippen LogP contribution in [0.3, 0.4) is 0 Å². The zero-order valence-corrected chi connectivity index (χ0v) is 12.0. The van der Waals surface area contributed by atoms with Gasteiger partial charge in [-0.1, -0.05) is 0 Å². The first kappa shape index (κ1) is 13.6. The first-order chi connectivity index (χ1) is 11.2. The van der Waals surface area contributed by atoms with Crippen LogP contribution >= 0.6 is 0 Å². The van der Waals surface area contributed by atoms with E-state index < -0.39 is 6.04 Å². The lowest BCUT2D eigenvalue weighted by Gasteiger charge is -2.19. The van der Waals surface area contributed by atoms with Crippen LogP contribution in [0.4, 0.5) is 11.6 Å². The average Bonchev–Trinajstić information content (AvgIpc) is 3.10. The summed E-state index contributed by atoms with van der Waals surface area (Å²) in [4.78, 5) is 27.9. The smallest absolute Gasteiger partial charge is 0.252 e. The Balaban J connectivity index is 1.45. The minimum absolute atomic E-state index is 0.0311. The SMILES string of the molecule is O=C(C[C@@H]1C(=O)Nc2ncnn21)Nc1ccc2c(c1)OCCO2. The number of ether oxygens (including phenoxy) is 2. The molecule has 0 spiro atoms. The Labute approximate surface area is 130 Å². The second-order valence-electron chi connectivity index (χ2n) is 5.14. The Kier molecular flexibility index (Phi) is 3.11. The monoisotopic (exact) mass is 315 g/mol. The lowest BCUT2D eigenvalue weighted by atomic mass is 10.2. The predicted molar refractivity (Wildman–Crippen MR) is 78.4 cm³/mol. The molecule has 0 bridgehead atoms. The highest BCUT2D eigenvalue weighted by atomic mass is 16.6. The summed E-state index contributed by atoms with van der Waals surface area (Å²) in [6.45, 7) is 0.984. The minimum Gasteiger partial charge on any atom is -0.486 e. The van der Waals surface area contributed by atoms with Gasteiger partial charge in [-0.05, 0) is 12.1 Å². The van der Waals surface area contributed by atoms with Gasteiger partial charge in [0.1, 0.15) is 25.6 Å². The van der Waals surface area contributed by atoms with Gasteiger partial charge in [0.05, 0.1) is 6.42 Å². The normalized spacial score (nSPS) is 18.3. The highest BCUT2D eigenvalue weighted by Crippen LogP contribution is 2.33. The van der Waals surface area contributed by atoms with E-state index in [9.17, 15) is 9.59 Å². The summed E-state index contributed by atoms with van der Waals surface area (Å²) in [5, 5.41) is 9.27. The number of amides is 2. The molecule has 1 aromatic heterocycles. The van der Waals surface area contributed by atoms with E-state index in [2.05, 4.69) is 20.7 Å². The largest absolute Gasteiger partial charge is 0.486 e. The van der Waals surface area contributed by atoms with Crippen molar-refractivity contribution in [3.8, 4) is 11.5 Å². The first-order valence-electron chi connectivity index (χ1n) is 7.10. The predicted octanol–water partition coefficient (Wildman–Crippen LogP) is 0.571. The van der Waals surface area contributed by atoms with Gasteiger partial charge < -0.3 is 14.8 Å². The molecule has 1 atom stereocenters. The molecule has 2 aliphatic heterocycles.